The highest BCUT2D eigenvalue weighted by Crippen LogP contribution is 2.31. The minimum atomic E-state index is 0.0969. The molecule has 1 N–H and O–H groups in total. The van der Waals surface area contributed by atoms with E-state index in [-0.39, 0.29) is 11.8 Å². The lowest BCUT2D eigenvalue weighted by Crippen LogP contribution is -2.46. The van der Waals surface area contributed by atoms with Crippen molar-refractivity contribution in [3.63, 3.8) is 0 Å². The Kier molecular flexibility index (Phi) is 4.16. The highest BCUT2D eigenvalue weighted by atomic mass is 32.1. The number of nitrogens with one attached hydrogen (secondary N) is 1. The smallest absolute Gasteiger partial charge is 0.228 e. The van der Waals surface area contributed by atoms with Crippen molar-refractivity contribution in [3.8, 4) is 0 Å². The average molecular weight is 379 g/mol. The molecule has 3 aromatic rings. The number of anilines is 3. The molecule has 0 radical (unpaired) electrons. The molecule has 1 saturated heterocycles. The Hall–Kier alpha value is -2.67. The van der Waals surface area contributed by atoms with Crippen molar-refractivity contribution in [3.05, 3.63) is 42.6 Å². The summed E-state index contributed by atoms with van der Waals surface area (Å²) >= 11 is 1.76. The van der Waals surface area contributed by atoms with Crippen LogP contribution in [0.3, 0.4) is 0 Å². The van der Waals surface area contributed by atoms with Gasteiger partial charge in [0.25, 0.3) is 0 Å². The molecule has 0 atom stereocenters. The third-order valence-electron chi connectivity index (χ3n) is 5.15. The molecule has 2 aliphatic rings. The topological polar surface area (TPSA) is 61.4 Å². The van der Waals surface area contributed by atoms with Gasteiger partial charge in [-0.05, 0) is 37.1 Å². The molecule has 27 heavy (non-hydrogen) atoms. The van der Waals surface area contributed by atoms with E-state index in [9.17, 15) is 4.79 Å². The second-order valence-corrected chi connectivity index (χ2v) is 8.11. The fraction of sp³-hybridized carbons (Fsp3) is 0.350. The van der Waals surface area contributed by atoms with Crippen molar-refractivity contribution in [2.24, 2.45) is 5.92 Å². The predicted octanol–water partition coefficient (Wildman–Crippen LogP) is 3.37. The van der Waals surface area contributed by atoms with E-state index < -0.39 is 0 Å². The zero-order chi connectivity index (χ0) is 18.2. The first-order valence-corrected chi connectivity index (χ1v) is 10.2. The molecule has 2 aromatic heterocycles. The lowest BCUT2D eigenvalue weighted by atomic mass is 10.3. The van der Waals surface area contributed by atoms with E-state index in [1.807, 2.05) is 24.4 Å². The van der Waals surface area contributed by atoms with Crippen LogP contribution in [0, 0.1) is 5.92 Å². The Morgan fingerprint density at radius 2 is 1.81 bits per heavy atom. The molecular formula is C20H21N5OS. The molecular weight excluding hydrogens is 358 g/mol. The predicted molar refractivity (Wildman–Crippen MR) is 110 cm³/mol. The fourth-order valence-corrected chi connectivity index (χ4v) is 4.39. The number of para-hydroxylation sites is 1. The minimum absolute atomic E-state index is 0.0969. The number of aromatic nitrogens is 2. The summed E-state index contributed by atoms with van der Waals surface area (Å²) in [5.74, 6) is 0.936. The molecule has 0 unspecified atom stereocenters. The van der Waals surface area contributed by atoms with Gasteiger partial charge < -0.3 is 15.1 Å². The standard InChI is InChI=1S/C20H21N5OS/c26-19(14-5-6-14)23-18-8-7-15(13-21-18)24-9-11-25(12-10-24)20-22-16-3-1-2-4-17(16)27-20/h1-4,7-8,13-14H,5-6,9-12H2,(H,21,23,26). The molecule has 2 fully saturated rings. The molecule has 6 nitrogen and oxygen atoms in total. The van der Waals surface area contributed by atoms with Gasteiger partial charge in [0, 0.05) is 32.1 Å². The van der Waals surface area contributed by atoms with Crippen LogP contribution in [0.2, 0.25) is 0 Å². The van der Waals surface area contributed by atoms with Crippen LogP contribution < -0.4 is 15.1 Å². The Morgan fingerprint density at radius 1 is 1.04 bits per heavy atom. The van der Waals surface area contributed by atoms with Crippen LogP contribution in [-0.4, -0.2) is 42.1 Å². The highest BCUT2D eigenvalue weighted by molar-refractivity contribution is 7.22. The van der Waals surface area contributed by atoms with Gasteiger partial charge in [0.15, 0.2) is 5.13 Å². The number of carbonyl (C=O) groups excluding carboxylic acids is 1. The lowest BCUT2D eigenvalue weighted by molar-refractivity contribution is -0.117. The van der Waals surface area contributed by atoms with Crippen molar-refractivity contribution in [2.75, 3.05) is 41.3 Å². The van der Waals surface area contributed by atoms with Crippen LogP contribution in [0.1, 0.15) is 12.8 Å². The number of hydrogen-bond donors (Lipinski definition) is 1. The van der Waals surface area contributed by atoms with Gasteiger partial charge in [0.1, 0.15) is 5.82 Å². The van der Waals surface area contributed by atoms with Crippen LogP contribution in [0.4, 0.5) is 16.6 Å². The average Bonchev–Trinajstić information content (AvgIpc) is 3.47. The maximum atomic E-state index is 11.8. The highest BCUT2D eigenvalue weighted by Gasteiger charge is 2.29. The third-order valence-corrected chi connectivity index (χ3v) is 6.24. The summed E-state index contributed by atoms with van der Waals surface area (Å²) < 4.78 is 1.24. The molecule has 1 amide bonds. The quantitative estimate of drug-likeness (QED) is 0.753. The number of amides is 1. The molecule has 0 spiro atoms. The first kappa shape index (κ1) is 16.5. The summed E-state index contributed by atoms with van der Waals surface area (Å²) in [5, 5.41) is 4.00. The van der Waals surface area contributed by atoms with E-state index in [1.165, 1.54) is 4.70 Å². The summed E-state index contributed by atoms with van der Waals surface area (Å²) in [5.41, 5.74) is 2.18. The van der Waals surface area contributed by atoms with Crippen molar-refractivity contribution in [2.45, 2.75) is 12.8 Å². The second-order valence-electron chi connectivity index (χ2n) is 7.10. The van der Waals surface area contributed by atoms with Crippen LogP contribution in [0.15, 0.2) is 42.6 Å². The SMILES string of the molecule is O=C(Nc1ccc(N2CCN(c3nc4ccccc4s3)CC2)cn1)C1CC1. The molecule has 1 aliphatic heterocycles. The summed E-state index contributed by atoms with van der Waals surface area (Å²) in [6.45, 7) is 3.76. The van der Waals surface area contributed by atoms with Crippen LogP contribution in [0.5, 0.6) is 0 Å². The number of nitrogens with zero attached hydrogens (tertiary/aromatic N) is 4. The first-order chi connectivity index (χ1) is 13.3. The Bertz CT molecular complexity index is 925. The van der Waals surface area contributed by atoms with E-state index in [1.54, 1.807) is 11.3 Å². The summed E-state index contributed by atoms with van der Waals surface area (Å²) in [6, 6.07) is 12.2. The van der Waals surface area contributed by atoms with Crippen molar-refractivity contribution in [1.29, 1.82) is 0 Å². The number of fused-ring (bicyclic) bond motifs is 1. The summed E-state index contributed by atoms with van der Waals surface area (Å²) in [7, 11) is 0. The maximum absolute atomic E-state index is 11.8. The molecule has 5 rings (SSSR count). The van der Waals surface area contributed by atoms with Crippen LogP contribution in [0.25, 0.3) is 10.2 Å². The number of hydrogen-bond acceptors (Lipinski definition) is 6. The van der Waals surface area contributed by atoms with Crippen LogP contribution in [-0.2, 0) is 4.79 Å². The van der Waals surface area contributed by atoms with Crippen molar-refractivity contribution in [1.82, 2.24) is 9.97 Å². The molecule has 1 saturated carbocycles. The minimum Gasteiger partial charge on any atom is -0.367 e. The molecule has 3 heterocycles. The summed E-state index contributed by atoms with van der Waals surface area (Å²) in [4.78, 5) is 25.7. The van der Waals surface area contributed by atoms with Gasteiger partial charge in [0.2, 0.25) is 5.91 Å². The van der Waals surface area contributed by atoms with Gasteiger partial charge >= 0.3 is 0 Å². The Labute approximate surface area is 161 Å². The Morgan fingerprint density at radius 3 is 2.52 bits per heavy atom. The Balaban J connectivity index is 1.21. The molecule has 7 heteroatoms. The second kappa shape index (κ2) is 6.81. The number of rotatable bonds is 4. The van der Waals surface area contributed by atoms with Gasteiger partial charge in [0.05, 0.1) is 22.1 Å². The summed E-state index contributed by atoms with van der Waals surface area (Å²) in [6.07, 6.45) is 3.86. The van der Waals surface area contributed by atoms with E-state index in [2.05, 4.69) is 38.3 Å². The number of carbonyl (C=O) groups is 1. The number of benzene rings is 1. The fourth-order valence-electron chi connectivity index (χ4n) is 3.37. The number of thiazole rings is 1. The van der Waals surface area contributed by atoms with Crippen molar-refractivity contribution < 1.29 is 4.79 Å². The lowest BCUT2D eigenvalue weighted by Gasteiger charge is -2.35. The van der Waals surface area contributed by atoms with E-state index in [0.717, 1.165) is 55.4 Å². The van der Waals surface area contributed by atoms with Gasteiger partial charge in [-0.1, -0.05) is 23.5 Å². The largest absolute Gasteiger partial charge is 0.367 e. The maximum Gasteiger partial charge on any atom is 0.228 e. The van der Waals surface area contributed by atoms with Gasteiger partial charge in [-0.15, -0.1) is 0 Å². The van der Waals surface area contributed by atoms with E-state index >= 15 is 0 Å². The van der Waals surface area contributed by atoms with Gasteiger partial charge in [-0.25, -0.2) is 9.97 Å². The monoisotopic (exact) mass is 379 g/mol. The normalized spacial score (nSPS) is 17.3. The molecule has 138 valence electrons. The number of piperazine rings is 1. The van der Waals surface area contributed by atoms with Crippen LogP contribution >= 0.6 is 11.3 Å². The van der Waals surface area contributed by atoms with Crippen molar-refractivity contribution >= 4 is 44.1 Å². The molecule has 1 aromatic carbocycles. The molecule has 1 aliphatic carbocycles. The van der Waals surface area contributed by atoms with Gasteiger partial charge in [-0.2, -0.15) is 0 Å². The van der Waals surface area contributed by atoms with Gasteiger partial charge in [-0.3, -0.25) is 4.79 Å². The molecule has 0 bridgehead atoms. The van der Waals surface area contributed by atoms with E-state index in [4.69, 9.17) is 4.98 Å². The number of pyridine rings is 1. The zero-order valence-corrected chi connectivity index (χ0v) is 15.8. The zero-order valence-electron chi connectivity index (χ0n) is 15.0. The first-order valence-electron chi connectivity index (χ1n) is 9.39. The third kappa shape index (κ3) is 3.47. The van der Waals surface area contributed by atoms with E-state index in [0.29, 0.717) is 5.82 Å².